The summed E-state index contributed by atoms with van der Waals surface area (Å²) >= 11 is 0. The number of carbonyl (C=O) groups excluding carboxylic acids is 1. The van der Waals surface area contributed by atoms with Crippen molar-refractivity contribution in [2.75, 3.05) is 26.3 Å². The number of nitrogens with one attached hydrogen (secondary N) is 1. The molecule has 1 heterocycles. The van der Waals surface area contributed by atoms with Crippen molar-refractivity contribution in [2.24, 2.45) is 0 Å². The van der Waals surface area contributed by atoms with E-state index in [0.29, 0.717) is 25.8 Å². The number of aryl methyl sites for hydroxylation is 1. The fraction of sp³-hybridized carbons (Fsp3) is 0.696. The molecule has 1 amide bonds. The molecule has 28 heavy (non-hydrogen) atoms. The number of carbonyl (C=O) groups is 1. The van der Waals surface area contributed by atoms with Crippen LogP contribution in [-0.2, 0) is 27.1 Å². The van der Waals surface area contributed by atoms with Crippen LogP contribution >= 0.6 is 0 Å². The lowest BCUT2D eigenvalue weighted by molar-refractivity contribution is -0.180. The highest BCUT2D eigenvalue weighted by Crippen LogP contribution is 2.35. The van der Waals surface area contributed by atoms with Gasteiger partial charge >= 0.3 is 0 Å². The molecule has 1 saturated carbocycles. The molecule has 1 unspecified atom stereocenters. The molecule has 1 N–H and O–H groups in total. The summed E-state index contributed by atoms with van der Waals surface area (Å²) in [7, 11) is 0. The van der Waals surface area contributed by atoms with E-state index >= 15 is 0 Å². The van der Waals surface area contributed by atoms with Crippen LogP contribution in [0.4, 0.5) is 0 Å². The van der Waals surface area contributed by atoms with Crippen LogP contribution in [-0.4, -0.2) is 55.0 Å². The van der Waals surface area contributed by atoms with Crippen LogP contribution in [0.2, 0.25) is 0 Å². The molecule has 1 spiro atoms. The van der Waals surface area contributed by atoms with E-state index in [0.717, 1.165) is 57.9 Å². The van der Waals surface area contributed by atoms with E-state index < -0.39 is 0 Å². The number of ether oxygens (including phenoxy) is 2. The maximum Gasteiger partial charge on any atom is 0.234 e. The molecule has 2 aliphatic carbocycles. The molecule has 3 aliphatic rings. The Labute approximate surface area is 168 Å². The summed E-state index contributed by atoms with van der Waals surface area (Å²) in [5.74, 6) is -0.188. The Morgan fingerprint density at radius 1 is 1.14 bits per heavy atom. The first kappa shape index (κ1) is 19.9. The van der Waals surface area contributed by atoms with Crippen LogP contribution in [0.1, 0.15) is 56.6 Å². The van der Waals surface area contributed by atoms with Crippen LogP contribution in [0, 0.1) is 0 Å². The van der Waals surface area contributed by atoms with Gasteiger partial charge in [0.05, 0.1) is 19.8 Å². The smallest absolute Gasteiger partial charge is 0.234 e. The van der Waals surface area contributed by atoms with Gasteiger partial charge in [0.1, 0.15) is 0 Å². The largest absolute Gasteiger partial charge is 0.352 e. The van der Waals surface area contributed by atoms with Gasteiger partial charge in [0.2, 0.25) is 5.91 Å². The lowest BCUT2D eigenvalue weighted by atomic mass is 9.87. The molecule has 1 aromatic rings. The van der Waals surface area contributed by atoms with Crippen molar-refractivity contribution in [2.45, 2.75) is 76.2 Å². The van der Waals surface area contributed by atoms with Crippen molar-refractivity contribution in [1.29, 1.82) is 0 Å². The third kappa shape index (κ3) is 4.58. The van der Waals surface area contributed by atoms with Crippen molar-refractivity contribution in [1.82, 2.24) is 10.2 Å². The minimum absolute atomic E-state index is 0.168. The molecule has 1 atom stereocenters. The number of hydrogen-bond acceptors (Lipinski definition) is 4. The van der Waals surface area contributed by atoms with E-state index in [2.05, 4.69) is 41.4 Å². The molecule has 0 aromatic heterocycles. The first-order chi connectivity index (χ1) is 13.7. The topological polar surface area (TPSA) is 50.8 Å². The van der Waals surface area contributed by atoms with Gasteiger partial charge in [0.25, 0.3) is 0 Å². The van der Waals surface area contributed by atoms with Crippen molar-refractivity contribution in [3.05, 3.63) is 35.4 Å². The number of hydrogen-bond donors (Lipinski definition) is 1. The van der Waals surface area contributed by atoms with Gasteiger partial charge in [-0.1, -0.05) is 31.2 Å². The lowest BCUT2D eigenvalue weighted by Gasteiger charge is -2.37. The zero-order valence-electron chi connectivity index (χ0n) is 17.1. The highest BCUT2D eigenvalue weighted by Gasteiger charge is 2.40. The number of nitrogens with zero attached hydrogens (tertiary/aromatic N) is 1. The van der Waals surface area contributed by atoms with Crippen molar-refractivity contribution in [3.8, 4) is 0 Å². The fourth-order valence-electron chi connectivity index (χ4n) is 5.11. The fourth-order valence-corrected chi connectivity index (χ4v) is 5.11. The van der Waals surface area contributed by atoms with Gasteiger partial charge < -0.3 is 14.8 Å². The van der Waals surface area contributed by atoms with Crippen molar-refractivity contribution < 1.29 is 14.3 Å². The molecule has 2 fully saturated rings. The molecular formula is C23H34N2O3. The average molecular weight is 387 g/mol. The molecule has 4 rings (SSSR count). The number of benzene rings is 1. The molecule has 154 valence electrons. The Morgan fingerprint density at radius 2 is 1.86 bits per heavy atom. The summed E-state index contributed by atoms with van der Waals surface area (Å²) in [6.07, 6.45) is 8.05. The Morgan fingerprint density at radius 3 is 2.57 bits per heavy atom. The maximum absolute atomic E-state index is 12.8. The third-order valence-corrected chi connectivity index (χ3v) is 6.62. The lowest BCUT2D eigenvalue weighted by Crippen LogP contribution is -2.49. The van der Waals surface area contributed by atoms with Crippen LogP contribution in [0.3, 0.4) is 0 Å². The van der Waals surface area contributed by atoms with E-state index in [-0.39, 0.29) is 17.7 Å². The van der Waals surface area contributed by atoms with Gasteiger partial charge in [0.15, 0.2) is 5.79 Å². The minimum Gasteiger partial charge on any atom is -0.352 e. The van der Waals surface area contributed by atoms with Crippen LogP contribution in [0.25, 0.3) is 0 Å². The van der Waals surface area contributed by atoms with Gasteiger partial charge in [-0.2, -0.15) is 0 Å². The first-order valence-electron chi connectivity index (χ1n) is 11.1. The van der Waals surface area contributed by atoms with Gasteiger partial charge in [-0.05, 0) is 56.2 Å². The summed E-state index contributed by atoms with van der Waals surface area (Å²) in [6, 6.07) is 9.47. The molecule has 1 aliphatic heterocycles. The quantitative estimate of drug-likeness (QED) is 0.816. The highest BCUT2D eigenvalue weighted by atomic mass is 16.7. The number of amides is 1. The van der Waals surface area contributed by atoms with E-state index in [1.165, 1.54) is 11.1 Å². The standard InChI is InChI=1S/C23H34N2O3/c1-2-13-25(21-8-7-18-5-3-4-6-19(18)16-21)17-22(26)24-20-9-11-23(12-10-20)27-14-15-28-23/h3-6,20-21H,2,7-17H2,1H3,(H,24,26). The predicted octanol–water partition coefficient (Wildman–Crippen LogP) is 3.06. The second-order valence-electron chi connectivity index (χ2n) is 8.59. The minimum atomic E-state index is -0.356. The Balaban J connectivity index is 1.29. The van der Waals surface area contributed by atoms with E-state index in [9.17, 15) is 4.79 Å². The van der Waals surface area contributed by atoms with Crippen molar-refractivity contribution >= 4 is 5.91 Å². The summed E-state index contributed by atoms with van der Waals surface area (Å²) in [5, 5.41) is 3.28. The van der Waals surface area contributed by atoms with E-state index in [1.807, 2.05) is 0 Å². The molecule has 0 radical (unpaired) electrons. The maximum atomic E-state index is 12.8. The zero-order chi connectivity index (χ0) is 19.4. The highest BCUT2D eigenvalue weighted by molar-refractivity contribution is 5.78. The molecule has 0 bridgehead atoms. The van der Waals surface area contributed by atoms with Crippen LogP contribution in [0.15, 0.2) is 24.3 Å². The number of fused-ring (bicyclic) bond motifs is 1. The molecular weight excluding hydrogens is 352 g/mol. The first-order valence-corrected chi connectivity index (χ1v) is 11.1. The monoisotopic (exact) mass is 386 g/mol. The summed E-state index contributed by atoms with van der Waals surface area (Å²) in [5.41, 5.74) is 2.93. The summed E-state index contributed by atoms with van der Waals surface area (Å²) in [6.45, 7) is 5.09. The van der Waals surface area contributed by atoms with E-state index in [4.69, 9.17) is 9.47 Å². The third-order valence-electron chi connectivity index (χ3n) is 6.62. The SMILES string of the molecule is CCCN(CC(=O)NC1CCC2(CC1)OCCO2)C1CCc2ccccc2C1. The predicted molar refractivity (Wildman–Crippen MR) is 109 cm³/mol. The Bertz CT molecular complexity index is 662. The summed E-state index contributed by atoms with van der Waals surface area (Å²) in [4.78, 5) is 15.2. The average Bonchev–Trinajstić information content (AvgIpc) is 3.17. The Kier molecular flexibility index (Phi) is 6.34. The van der Waals surface area contributed by atoms with Crippen molar-refractivity contribution in [3.63, 3.8) is 0 Å². The summed E-state index contributed by atoms with van der Waals surface area (Å²) < 4.78 is 11.6. The molecule has 5 heteroatoms. The van der Waals surface area contributed by atoms with Gasteiger partial charge in [0, 0.05) is 24.9 Å². The second kappa shape index (κ2) is 8.93. The molecule has 5 nitrogen and oxygen atoms in total. The van der Waals surface area contributed by atoms with E-state index in [1.54, 1.807) is 0 Å². The van der Waals surface area contributed by atoms with Gasteiger partial charge in [-0.25, -0.2) is 0 Å². The van der Waals surface area contributed by atoms with Gasteiger partial charge in [-0.15, -0.1) is 0 Å². The second-order valence-corrected chi connectivity index (χ2v) is 8.59. The van der Waals surface area contributed by atoms with Gasteiger partial charge in [-0.3, -0.25) is 9.69 Å². The Hall–Kier alpha value is -1.43. The van der Waals surface area contributed by atoms with Crippen LogP contribution < -0.4 is 5.32 Å². The molecule has 1 aromatic carbocycles. The normalized spacial score (nSPS) is 24.4. The van der Waals surface area contributed by atoms with Crippen LogP contribution in [0.5, 0.6) is 0 Å². The number of rotatable bonds is 6. The molecule has 1 saturated heterocycles. The zero-order valence-corrected chi connectivity index (χ0v) is 17.1.